The number of rotatable bonds is 9. The van der Waals surface area contributed by atoms with Gasteiger partial charge in [-0.3, -0.25) is 24.0 Å². The van der Waals surface area contributed by atoms with Crippen molar-refractivity contribution in [2.45, 2.75) is 13.1 Å². The summed E-state index contributed by atoms with van der Waals surface area (Å²) in [7, 11) is -1.12. The molecule has 32 heavy (non-hydrogen) atoms. The molecule has 1 unspecified atom stereocenters. The molecule has 1 aliphatic heterocycles. The Morgan fingerprint density at radius 2 is 1.75 bits per heavy atom. The number of nitrogens with one attached hydrogen (secondary N) is 1. The zero-order chi connectivity index (χ0) is 23.1. The van der Waals surface area contributed by atoms with Crippen LogP contribution in [0.4, 0.5) is 4.39 Å². The smallest absolute Gasteiger partial charge is 0.336 e. The summed E-state index contributed by atoms with van der Waals surface area (Å²) in [5.74, 6) is -1.75. The van der Waals surface area contributed by atoms with E-state index in [1.165, 1.54) is 35.2 Å². The Bertz CT molecular complexity index is 1010. The highest BCUT2D eigenvalue weighted by Crippen LogP contribution is 2.14. The van der Waals surface area contributed by atoms with Crippen molar-refractivity contribution in [2.75, 3.05) is 52.1 Å². The fraction of sp³-hybridized carbons (Fsp3) is 0.476. The highest BCUT2D eigenvalue weighted by Gasteiger charge is 2.20. The van der Waals surface area contributed by atoms with Crippen molar-refractivity contribution in [1.29, 1.82) is 0 Å². The summed E-state index contributed by atoms with van der Waals surface area (Å²) in [6, 6.07) is 5.63. The molecule has 1 amide bonds. The molecule has 1 aromatic heterocycles. The predicted molar refractivity (Wildman–Crippen MR) is 119 cm³/mol. The summed E-state index contributed by atoms with van der Waals surface area (Å²) in [4.78, 5) is 33.3. The predicted octanol–water partition coefficient (Wildman–Crippen LogP) is 1.09. The fourth-order valence-corrected chi connectivity index (χ4v) is 4.00. The van der Waals surface area contributed by atoms with Crippen LogP contribution in [0.15, 0.2) is 35.4 Å². The van der Waals surface area contributed by atoms with Gasteiger partial charge in [0.15, 0.2) is 11.9 Å². The molecule has 2 N–H and O–H groups in total. The standard InChI is InChI=1S/C21H27FN5O4P/c1-32(31)13-12-26-8-6-25(7-9-26)10-11-27-15-24-18(19(28)21(27)30)20(29)23-14-16-2-4-17(22)5-3-16/h2-5,15H,6-14H2,1H3,(H-,23,28,29)/p+1. The van der Waals surface area contributed by atoms with Gasteiger partial charge in [0.2, 0.25) is 5.75 Å². The molecule has 1 fully saturated rings. The number of carbonyl (C=O) groups excluding carboxylic acids is 1. The first-order valence-corrected chi connectivity index (χ1v) is 12.4. The molecular formula is C21H28FN5O4P+. The molecule has 0 bridgehead atoms. The minimum Gasteiger partial charge on any atom is -0.501 e. The number of carbonyl (C=O) groups is 1. The van der Waals surface area contributed by atoms with Gasteiger partial charge in [-0.25, -0.2) is 9.37 Å². The molecule has 1 aromatic carbocycles. The summed E-state index contributed by atoms with van der Waals surface area (Å²) >= 11 is 0. The average molecular weight is 464 g/mol. The van der Waals surface area contributed by atoms with Crippen LogP contribution in [0.25, 0.3) is 0 Å². The molecule has 3 rings (SSSR count). The first-order chi connectivity index (χ1) is 15.3. The quantitative estimate of drug-likeness (QED) is 0.535. The number of hydrogen-bond acceptors (Lipinski definition) is 7. The van der Waals surface area contributed by atoms with Crippen molar-refractivity contribution in [3.05, 3.63) is 58.0 Å². The monoisotopic (exact) mass is 464 g/mol. The van der Waals surface area contributed by atoms with Crippen LogP contribution in [-0.4, -0.2) is 82.5 Å². The van der Waals surface area contributed by atoms with Gasteiger partial charge in [-0.2, -0.15) is 0 Å². The van der Waals surface area contributed by atoms with Crippen molar-refractivity contribution in [3.63, 3.8) is 0 Å². The normalized spacial score (nSPS) is 15.5. The molecule has 1 aliphatic rings. The van der Waals surface area contributed by atoms with E-state index in [1.54, 1.807) is 6.66 Å². The van der Waals surface area contributed by atoms with E-state index in [0.29, 0.717) is 24.8 Å². The van der Waals surface area contributed by atoms with Crippen LogP contribution in [0.1, 0.15) is 16.1 Å². The van der Waals surface area contributed by atoms with Crippen LogP contribution >= 0.6 is 7.80 Å². The molecule has 0 radical (unpaired) electrons. The van der Waals surface area contributed by atoms with Crippen LogP contribution < -0.4 is 10.9 Å². The van der Waals surface area contributed by atoms with Gasteiger partial charge in [0, 0.05) is 52.4 Å². The lowest BCUT2D eigenvalue weighted by Crippen LogP contribution is -2.48. The van der Waals surface area contributed by atoms with Crippen molar-refractivity contribution in [3.8, 4) is 5.75 Å². The van der Waals surface area contributed by atoms with E-state index >= 15 is 0 Å². The van der Waals surface area contributed by atoms with Crippen molar-refractivity contribution in [2.24, 2.45) is 0 Å². The maximum absolute atomic E-state index is 13.0. The van der Waals surface area contributed by atoms with E-state index in [4.69, 9.17) is 0 Å². The lowest BCUT2D eigenvalue weighted by Gasteiger charge is -2.33. The van der Waals surface area contributed by atoms with Gasteiger partial charge >= 0.3 is 7.80 Å². The van der Waals surface area contributed by atoms with Gasteiger partial charge < -0.3 is 10.4 Å². The maximum Gasteiger partial charge on any atom is 0.336 e. The molecular weight excluding hydrogens is 436 g/mol. The zero-order valence-corrected chi connectivity index (χ0v) is 18.9. The molecule has 9 nitrogen and oxygen atoms in total. The topological polar surface area (TPSA) is 108 Å². The summed E-state index contributed by atoms with van der Waals surface area (Å²) in [5, 5.41) is 12.8. The van der Waals surface area contributed by atoms with Gasteiger partial charge in [-0.05, 0) is 17.7 Å². The number of piperazine rings is 1. The van der Waals surface area contributed by atoms with E-state index in [9.17, 15) is 23.7 Å². The van der Waals surface area contributed by atoms with Gasteiger partial charge in [-0.15, -0.1) is 0 Å². The Labute approximate surface area is 186 Å². The Kier molecular flexibility index (Phi) is 8.44. The van der Waals surface area contributed by atoms with Gasteiger partial charge in [0.25, 0.3) is 11.5 Å². The zero-order valence-electron chi connectivity index (χ0n) is 18.0. The molecule has 0 spiro atoms. The lowest BCUT2D eigenvalue weighted by atomic mass is 10.2. The molecule has 2 aromatic rings. The third-order valence-corrected chi connectivity index (χ3v) is 6.28. The summed E-state index contributed by atoms with van der Waals surface area (Å²) in [6.45, 7) is 7.12. The highest BCUT2D eigenvalue weighted by atomic mass is 31.1. The molecule has 0 saturated carbocycles. The second-order valence-corrected chi connectivity index (χ2v) is 9.49. The number of hydrogen-bond donors (Lipinski definition) is 2. The maximum atomic E-state index is 13.0. The Hall–Kier alpha value is -2.68. The molecule has 1 atom stereocenters. The third-order valence-electron chi connectivity index (χ3n) is 5.45. The summed E-state index contributed by atoms with van der Waals surface area (Å²) < 4.78 is 25.5. The van der Waals surface area contributed by atoms with Gasteiger partial charge in [0.05, 0.1) is 6.33 Å². The summed E-state index contributed by atoms with van der Waals surface area (Å²) in [6.07, 6.45) is 1.97. The summed E-state index contributed by atoms with van der Waals surface area (Å²) in [5.41, 5.74) is -0.329. The first kappa shape index (κ1) is 24.0. The Morgan fingerprint density at radius 1 is 1.12 bits per heavy atom. The molecule has 2 heterocycles. The second kappa shape index (κ2) is 11.3. The van der Waals surface area contributed by atoms with Crippen molar-refractivity contribution in [1.82, 2.24) is 24.7 Å². The first-order valence-electron chi connectivity index (χ1n) is 10.5. The molecule has 11 heteroatoms. The number of nitrogens with zero attached hydrogens (tertiary/aromatic N) is 4. The number of aromatic hydroxyl groups is 1. The van der Waals surface area contributed by atoms with Gasteiger partial charge in [0.1, 0.15) is 12.5 Å². The number of halogens is 1. The number of amides is 1. The average Bonchev–Trinajstić information content (AvgIpc) is 2.79. The Morgan fingerprint density at radius 3 is 2.38 bits per heavy atom. The van der Waals surface area contributed by atoms with Crippen LogP contribution in [0.3, 0.4) is 0 Å². The van der Waals surface area contributed by atoms with E-state index < -0.39 is 25.0 Å². The Balaban J connectivity index is 1.51. The number of benzene rings is 1. The third kappa shape index (κ3) is 6.66. The molecule has 0 aliphatic carbocycles. The number of aromatic nitrogens is 2. The minimum atomic E-state index is -1.12. The SMILES string of the molecule is C[P+](=O)CCN1CCN(CCn2cnc(C(=O)NCc3ccc(F)cc3)c(O)c2=O)CC1. The van der Waals surface area contributed by atoms with E-state index in [2.05, 4.69) is 20.1 Å². The highest BCUT2D eigenvalue weighted by molar-refractivity contribution is 7.43. The van der Waals surface area contributed by atoms with Crippen LogP contribution in [0, 0.1) is 5.82 Å². The fourth-order valence-electron chi connectivity index (χ4n) is 3.44. The minimum absolute atomic E-state index is 0.115. The van der Waals surface area contributed by atoms with Crippen LogP contribution in [-0.2, 0) is 17.7 Å². The largest absolute Gasteiger partial charge is 0.501 e. The van der Waals surface area contributed by atoms with Crippen molar-refractivity contribution >= 4 is 13.7 Å². The van der Waals surface area contributed by atoms with E-state index in [-0.39, 0.29) is 18.1 Å². The van der Waals surface area contributed by atoms with E-state index in [1.807, 2.05) is 0 Å². The second-order valence-electron chi connectivity index (χ2n) is 7.78. The molecule has 1 saturated heterocycles. The van der Waals surface area contributed by atoms with E-state index in [0.717, 1.165) is 32.7 Å². The van der Waals surface area contributed by atoms with Crippen LogP contribution in [0.2, 0.25) is 0 Å². The van der Waals surface area contributed by atoms with Crippen molar-refractivity contribution < 1.29 is 18.9 Å². The van der Waals surface area contributed by atoms with Gasteiger partial charge in [-0.1, -0.05) is 16.7 Å². The molecule has 172 valence electrons. The van der Waals surface area contributed by atoms with Crippen LogP contribution in [0.5, 0.6) is 5.75 Å². The lowest BCUT2D eigenvalue weighted by molar-refractivity contribution is 0.0942.